The minimum Gasteiger partial charge on any atom is -0.478 e. The highest BCUT2D eigenvalue weighted by Gasteiger charge is 2.17. The Hall–Kier alpha value is -2.62. The molecule has 88 valence electrons. The lowest BCUT2D eigenvalue weighted by Gasteiger charge is -2.03. The maximum Gasteiger partial charge on any atom is 0.337 e. The molecular formula is C14H10N2O2. The minimum absolute atomic E-state index is 0.264. The van der Waals surface area contributed by atoms with E-state index in [1.165, 1.54) is 0 Å². The van der Waals surface area contributed by atoms with Crippen LogP contribution in [0.5, 0.6) is 0 Å². The van der Waals surface area contributed by atoms with Crippen molar-refractivity contribution in [3.8, 4) is 11.4 Å². The molecule has 0 saturated heterocycles. The van der Waals surface area contributed by atoms with Crippen molar-refractivity contribution in [1.82, 2.24) is 9.38 Å². The molecule has 0 aromatic carbocycles. The van der Waals surface area contributed by atoms with Gasteiger partial charge in [-0.2, -0.15) is 0 Å². The summed E-state index contributed by atoms with van der Waals surface area (Å²) in [5.41, 5.74) is 2.37. The van der Waals surface area contributed by atoms with E-state index in [2.05, 4.69) is 4.98 Å². The lowest BCUT2D eigenvalue weighted by atomic mass is 10.2. The molecule has 0 atom stereocenters. The number of carbonyl (C=O) groups is 1. The molecule has 4 nitrogen and oxygen atoms in total. The van der Waals surface area contributed by atoms with Gasteiger partial charge in [0.15, 0.2) is 0 Å². The van der Waals surface area contributed by atoms with Crippen LogP contribution in [-0.2, 0) is 0 Å². The van der Waals surface area contributed by atoms with Gasteiger partial charge in [-0.3, -0.25) is 4.98 Å². The second kappa shape index (κ2) is 4.00. The largest absolute Gasteiger partial charge is 0.478 e. The van der Waals surface area contributed by atoms with Crippen molar-refractivity contribution in [2.75, 3.05) is 0 Å². The van der Waals surface area contributed by atoms with Crippen LogP contribution < -0.4 is 0 Å². The third-order valence-electron chi connectivity index (χ3n) is 2.82. The predicted octanol–water partition coefficient (Wildman–Crippen LogP) is 2.70. The van der Waals surface area contributed by atoms with Gasteiger partial charge >= 0.3 is 5.97 Å². The standard InChI is InChI=1S/C14H10N2O2/c17-14(18)11-9-10-5-2-4-8-16(10)13(11)12-6-1-3-7-15-12/h1-9H,(H,17,18). The number of hydrogen-bond acceptors (Lipinski definition) is 2. The molecule has 0 amide bonds. The Morgan fingerprint density at radius 3 is 2.72 bits per heavy atom. The van der Waals surface area contributed by atoms with Gasteiger partial charge < -0.3 is 9.51 Å². The second-order valence-electron chi connectivity index (χ2n) is 3.92. The zero-order valence-electron chi connectivity index (χ0n) is 9.45. The molecule has 3 rings (SSSR count). The van der Waals surface area contributed by atoms with Crippen LogP contribution in [-0.4, -0.2) is 20.5 Å². The maximum atomic E-state index is 11.3. The molecule has 0 fully saturated rings. The van der Waals surface area contributed by atoms with Crippen LogP contribution in [0.2, 0.25) is 0 Å². The van der Waals surface area contributed by atoms with E-state index in [9.17, 15) is 9.90 Å². The number of aromatic nitrogens is 2. The summed E-state index contributed by atoms with van der Waals surface area (Å²) < 4.78 is 1.84. The SMILES string of the molecule is O=C(O)c1cc2ccccn2c1-c1ccccn1. The van der Waals surface area contributed by atoms with E-state index in [0.29, 0.717) is 11.4 Å². The molecular weight excluding hydrogens is 228 g/mol. The Kier molecular flexibility index (Phi) is 2.34. The molecule has 3 aromatic heterocycles. The number of carboxylic acid groups (broad SMARTS) is 1. The zero-order valence-corrected chi connectivity index (χ0v) is 9.45. The smallest absolute Gasteiger partial charge is 0.337 e. The van der Waals surface area contributed by atoms with Gasteiger partial charge in [0.25, 0.3) is 0 Å². The number of carboxylic acids is 1. The average molecular weight is 238 g/mol. The molecule has 0 radical (unpaired) electrons. The Morgan fingerprint density at radius 2 is 2.00 bits per heavy atom. The summed E-state index contributed by atoms with van der Waals surface area (Å²) in [4.78, 5) is 15.6. The Morgan fingerprint density at radius 1 is 1.17 bits per heavy atom. The highest BCUT2D eigenvalue weighted by molar-refractivity contribution is 5.97. The third kappa shape index (κ3) is 1.55. The van der Waals surface area contributed by atoms with E-state index in [0.717, 1.165) is 5.52 Å². The van der Waals surface area contributed by atoms with Crippen LogP contribution >= 0.6 is 0 Å². The Balaban J connectivity index is 2.38. The van der Waals surface area contributed by atoms with Crippen molar-refractivity contribution >= 4 is 11.5 Å². The summed E-state index contributed by atoms with van der Waals surface area (Å²) >= 11 is 0. The zero-order chi connectivity index (χ0) is 12.5. The molecule has 0 aliphatic heterocycles. The van der Waals surface area contributed by atoms with Crippen LogP contribution in [0.25, 0.3) is 16.9 Å². The van der Waals surface area contributed by atoms with Crippen molar-refractivity contribution in [3.05, 3.63) is 60.4 Å². The second-order valence-corrected chi connectivity index (χ2v) is 3.92. The Bertz CT molecular complexity index is 717. The van der Waals surface area contributed by atoms with Gasteiger partial charge in [-0.15, -0.1) is 0 Å². The lowest BCUT2D eigenvalue weighted by molar-refractivity contribution is 0.0698. The van der Waals surface area contributed by atoms with Crippen LogP contribution in [0.3, 0.4) is 0 Å². The first kappa shape index (κ1) is 10.5. The normalized spacial score (nSPS) is 10.7. The molecule has 0 aliphatic carbocycles. The number of hydrogen-bond donors (Lipinski definition) is 1. The number of nitrogens with zero attached hydrogens (tertiary/aromatic N) is 2. The van der Waals surface area contributed by atoms with Gasteiger partial charge in [-0.05, 0) is 30.3 Å². The first-order chi connectivity index (χ1) is 8.77. The molecule has 0 saturated carbocycles. The molecule has 0 spiro atoms. The van der Waals surface area contributed by atoms with Gasteiger partial charge in [0.2, 0.25) is 0 Å². The van der Waals surface area contributed by atoms with Gasteiger partial charge in [-0.1, -0.05) is 12.1 Å². The van der Waals surface area contributed by atoms with Crippen molar-refractivity contribution in [2.45, 2.75) is 0 Å². The van der Waals surface area contributed by atoms with Crippen LogP contribution in [0, 0.1) is 0 Å². The minimum atomic E-state index is -0.945. The molecule has 18 heavy (non-hydrogen) atoms. The fourth-order valence-electron chi connectivity index (χ4n) is 2.05. The lowest BCUT2D eigenvalue weighted by Crippen LogP contribution is -1.99. The molecule has 0 bridgehead atoms. The van der Waals surface area contributed by atoms with E-state index in [1.54, 1.807) is 24.4 Å². The fourth-order valence-corrected chi connectivity index (χ4v) is 2.05. The van der Waals surface area contributed by atoms with Crippen molar-refractivity contribution < 1.29 is 9.90 Å². The predicted molar refractivity (Wildman–Crippen MR) is 67.6 cm³/mol. The maximum absolute atomic E-state index is 11.3. The monoisotopic (exact) mass is 238 g/mol. The summed E-state index contributed by atoms with van der Waals surface area (Å²) in [7, 11) is 0. The van der Waals surface area contributed by atoms with Crippen LogP contribution in [0.1, 0.15) is 10.4 Å². The third-order valence-corrected chi connectivity index (χ3v) is 2.82. The topological polar surface area (TPSA) is 54.6 Å². The number of pyridine rings is 2. The van der Waals surface area contributed by atoms with Gasteiger partial charge in [-0.25, -0.2) is 4.79 Å². The van der Waals surface area contributed by atoms with E-state index in [-0.39, 0.29) is 5.56 Å². The molecule has 0 unspecified atom stereocenters. The molecule has 3 aromatic rings. The summed E-state index contributed by atoms with van der Waals surface area (Å²) in [5, 5.41) is 9.29. The van der Waals surface area contributed by atoms with Crippen molar-refractivity contribution in [1.29, 1.82) is 0 Å². The average Bonchev–Trinajstić information content (AvgIpc) is 2.79. The number of fused-ring (bicyclic) bond motifs is 1. The summed E-state index contributed by atoms with van der Waals surface area (Å²) in [6, 6.07) is 12.7. The number of aromatic carboxylic acids is 1. The quantitative estimate of drug-likeness (QED) is 0.746. The summed E-state index contributed by atoms with van der Waals surface area (Å²) in [5.74, 6) is -0.945. The van der Waals surface area contributed by atoms with E-state index in [1.807, 2.05) is 34.9 Å². The highest BCUT2D eigenvalue weighted by Crippen LogP contribution is 2.25. The molecule has 1 N–H and O–H groups in total. The van der Waals surface area contributed by atoms with Crippen LogP contribution in [0.15, 0.2) is 54.9 Å². The van der Waals surface area contributed by atoms with E-state index >= 15 is 0 Å². The highest BCUT2D eigenvalue weighted by atomic mass is 16.4. The van der Waals surface area contributed by atoms with Gasteiger partial charge in [0, 0.05) is 17.9 Å². The first-order valence-electron chi connectivity index (χ1n) is 5.52. The molecule has 4 heteroatoms. The van der Waals surface area contributed by atoms with Crippen LogP contribution in [0.4, 0.5) is 0 Å². The first-order valence-corrected chi connectivity index (χ1v) is 5.52. The Labute approximate surface area is 103 Å². The van der Waals surface area contributed by atoms with E-state index in [4.69, 9.17) is 0 Å². The number of rotatable bonds is 2. The van der Waals surface area contributed by atoms with E-state index < -0.39 is 5.97 Å². The summed E-state index contributed by atoms with van der Waals surface area (Å²) in [6.07, 6.45) is 3.50. The van der Waals surface area contributed by atoms with Gasteiger partial charge in [0.1, 0.15) is 0 Å². The fraction of sp³-hybridized carbons (Fsp3) is 0. The molecule has 0 aliphatic rings. The van der Waals surface area contributed by atoms with Crippen molar-refractivity contribution in [3.63, 3.8) is 0 Å². The van der Waals surface area contributed by atoms with Crippen molar-refractivity contribution in [2.24, 2.45) is 0 Å². The van der Waals surface area contributed by atoms with Gasteiger partial charge in [0.05, 0.1) is 17.0 Å². The molecule has 3 heterocycles. The summed E-state index contributed by atoms with van der Waals surface area (Å²) in [6.45, 7) is 0.